The third kappa shape index (κ3) is 2.86. The van der Waals surface area contributed by atoms with Crippen LogP contribution in [0.5, 0.6) is 5.88 Å². The molecule has 0 amide bonds. The molecule has 0 aromatic carbocycles. The molecule has 0 fully saturated rings. The van der Waals surface area contributed by atoms with Crippen molar-refractivity contribution in [3.63, 3.8) is 0 Å². The second kappa shape index (κ2) is 5.68. The van der Waals surface area contributed by atoms with Gasteiger partial charge in [0.25, 0.3) is 10.0 Å². The van der Waals surface area contributed by atoms with E-state index in [9.17, 15) is 8.42 Å². The van der Waals surface area contributed by atoms with Gasteiger partial charge >= 0.3 is 0 Å². The van der Waals surface area contributed by atoms with Crippen molar-refractivity contribution in [3.05, 3.63) is 29.8 Å². The van der Waals surface area contributed by atoms with Gasteiger partial charge in [0.1, 0.15) is 10.8 Å². The first-order valence-electron chi connectivity index (χ1n) is 5.73. The minimum Gasteiger partial charge on any atom is -0.476 e. The SMILES string of the molecule is CCOc1ncccc1NS(=O)(=O)c1ncn(C)c1Cl. The number of rotatable bonds is 5. The third-order valence-corrected chi connectivity index (χ3v) is 4.24. The van der Waals surface area contributed by atoms with Crippen LogP contribution in [-0.2, 0) is 17.1 Å². The lowest BCUT2D eigenvalue weighted by atomic mass is 10.4. The van der Waals surface area contributed by atoms with Gasteiger partial charge in [0.05, 0.1) is 12.9 Å². The zero-order chi connectivity index (χ0) is 14.8. The maximum absolute atomic E-state index is 12.2. The van der Waals surface area contributed by atoms with Crippen LogP contribution in [0.15, 0.2) is 29.7 Å². The van der Waals surface area contributed by atoms with Crippen molar-refractivity contribution in [1.82, 2.24) is 14.5 Å². The van der Waals surface area contributed by atoms with Gasteiger partial charge in [0.15, 0.2) is 0 Å². The monoisotopic (exact) mass is 316 g/mol. The van der Waals surface area contributed by atoms with E-state index in [1.54, 1.807) is 26.1 Å². The molecule has 2 aromatic rings. The van der Waals surface area contributed by atoms with Gasteiger partial charge in [-0.1, -0.05) is 11.6 Å². The molecule has 1 N–H and O–H groups in total. The molecular weight excluding hydrogens is 304 g/mol. The number of pyridine rings is 1. The predicted molar refractivity (Wildman–Crippen MR) is 74.4 cm³/mol. The predicted octanol–water partition coefficient (Wildman–Crippen LogP) is 1.67. The maximum Gasteiger partial charge on any atom is 0.282 e. The highest BCUT2D eigenvalue weighted by molar-refractivity contribution is 7.92. The number of sulfonamides is 1. The van der Waals surface area contributed by atoms with Crippen LogP contribution in [0, 0.1) is 0 Å². The first-order valence-corrected chi connectivity index (χ1v) is 7.59. The zero-order valence-electron chi connectivity index (χ0n) is 10.9. The minimum absolute atomic E-state index is 0.0272. The number of hydrogen-bond donors (Lipinski definition) is 1. The van der Waals surface area contributed by atoms with Crippen LogP contribution in [0.1, 0.15) is 6.92 Å². The molecule has 0 saturated carbocycles. The Morgan fingerprint density at radius 1 is 1.45 bits per heavy atom. The van der Waals surface area contributed by atoms with Crippen LogP contribution in [0.2, 0.25) is 5.15 Å². The second-order valence-electron chi connectivity index (χ2n) is 3.85. The fourth-order valence-electron chi connectivity index (χ4n) is 1.49. The zero-order valence-corrected chi connectivity index (χ0v) is 12.4. The Kier molecular flexibility index (Phi) is 4.15. The molecule has 0 spiro atoms. The summed E-state index contributed by atoms with van der Waals surface area (Å²) in [5.74, 6) is 0.200. The Bertz CT molecular complexity index is 714. The molecule has 0 unspecified atom stereocenters. The first-order chi connectivity index (χ1) is 9.45. The smallest absolute Gasteiger partial charge is 0.282 e. The van der Waals surface area contributed by atoms with Crippen LogP contribution in [0.4, 0.5) is 5.69 Å². The van der Waals surface area contributed by atoms with Crippen molar-refractivity contribution in [2.75, 3.05) is 11.3 Å². The van der Waals surface area contributed by atoms with E-state index >= 15 is 0 Å². The summed E-state index contributed by atoms with van der Waals surface area (Å²) in [7, 11) is -2.30. The quantitative estimate of drug-likeness (QED) is 0.906. The number of halogens is 1. The molecule has 108 valence electrons. The van der Waals surface area contributed by atoms with Gasteiger partial charge in [-0.05, 0) is 19.1 Å². The summed E-state index contributed by atoms with van der Waals surface area (Å²) < 4.78 is 33.5. The highest BCUT2D eigenvalue weighted by atomic mass is 35.5. The molecule has 2 heterocycles. The molecule has 0 saturated heterocycles. The van der Waals surface area contributed by atoms with Crippen molar-refractivity contribution in [2.45, 2.75) is 11.9 Å². The molecule has 0 aliphatic rings. The van der Waals surface area contributed by atoms with Crippen LogP contribution in [0.25, 0.3) is 0 Å². The van der Waals surface area contributed by atoms with E-state index in [1.807, 2.05) is 0 Å². The molecule has 0 bridgehead atoms. The van der Waals surface area contributed by atoms with E-state index in [4.69, 9.17) is 16.3 Å². The van der Waals surface area contributed by atoms with Gasteiger partial charge in [-0.25, -0.2) is 9.97 Å². The van der Waals surface area contributed by atoms with Gasteiger partial charge in [-0.2, -0.15) is 8.42 Å². The number of ether oxygens (including phenoxy) is 1. The fraction of sp³-hybridized carbons (Fsp3) is 0.273. The number of anilines is 1. The average molecular weight is 317 g/mol. The van der Waals surface area contributed by atoms with E-state index in [1.165, 1.54) is 17.1 Å². The Morgan fingerprint density at radius 2 is 2.20 bits per heavy atom. The lowest BCUT2D eigenvalue weighted by Gasteiger charge is -2.10. The lowest BCUT2D eigenvalue weighted by molar-refractivity contribution is 0.329. The molecule has 2 rings (SSSR count). The van der Waals surface area contributed by atoms with E-state index in [0.29, 0.717) is 6.61 Å². The van der Waals surface area contributed by atoms with Gasteiger partial charge in [0, 0.05) is 13.2 Å². The van der Waals surface area contributed by atoms with Gasteiger partial charge in [0.2, 0.25) is 10.9 Å². The summed E-state index contributed by atoms with van der Waals surface area (Å²) in [5.41, 5.74) is 0.232. The molecule has 20 heavy (non-hydrogen) atoms. The molecule has 7 nitrogen and oxygen atoms in total. The summed E-state index contributed by atoms with van der Waals surface area (Å²) in [4.78, 5) is 7.74. The summed E-state index contributed by atoms with van der Waals surface area (Å²) in [6.45, 7) is 2.15. The number of aromatic nitrogens is 3. The molecule has 0 radical (unpaired) electrons. The van der Waals surface area contributed by atoms with Gasteiger partial charge in [-0.3, -0.25) is 4.72 Å². The standard InChI is InChI=1S/C11H13ClN4O3S/c1-3-19-10-8(5-4-6-13-10)15-20(17,18)11-9(12)16(2)7-14-11/h4-7,15H,3H2,1-2H3. The Balaban J connectivity index is 2.36. The van der Waals surface area contributed by atoms with Crippen LogP contribution in [0.3, 0.4) is 0 Å². The third-order valence-electron chi connectivity index (χ3n) is 2.39. The Hall–Kier alpha value is -1.80. The van der Waals surface area contributed by atoms with Gasteiger partial charge in [-0.15, -0.1) is 0 Å². The second-order valence-corrected chi connectivity index (χ2v) is 5.80. The summed E-state index contributed by atoms with van der Waals surface area (Å²) in [6.07, 6.45) is 2.83. The highest BCUT2D eigenvalue weighted by Crippen LogP contribution is 2.26. The molecular formula is C11H13ClN4O3S. The van der Waals surface area contributed by atoms with Crippen LogP contribution in [-0.4, -0.2) is 29.6 Å². The fourth-order valence-corrected chi connectivity index (χ4v) is 2.98. The number of hydrogen-bond acceptors (Lipinski definition) is 5. The summed E-state index contributed by atoms with van der Waals surface area (Å²) in [5, 5.41) is -0.215. The topological polar surface area (TPSA) is 86.1 Å². The van der Waals surface area contributed by atoms with Crippen molar-refractivity contribution in [2.24, 2.45) is 7.05 Å². The largest absolute Gasteiger partial charge is 0.476 e. The molecule has 0 aliphatic carbocycles. The Labute approximate surface area is 121 Å². The van der Waals surface area contributed by atoms with E-state index in [-0.39, 0.29) is 21.7 Å². The average Bonchev–Trinajstić information content (AvgIpc) is 2.73. The summed E-state index contributed by atoms with van der Waals surface area (Å²) in [6, 6.07) is 3.15. The van der Waals surface area contributed by atoms with E-state index in [2.05, 4.69) is 14.7 Å². The van der Waals surface area contributed by atoms with Crippen LogP contribution < -0.4 is 9.46 Å². The molecule has 9 heteroatoms. The molecule has 2 aromatic heterocycles. The van der Waals surface area contributed by atoms with Crippen molar-refractivity contribution in [1.29, 1.82) is 0 Å². The molecule has 0 aliphatic heterocycles. The summed E-state index contributed by atoms with van der Waals surface area (Å²) >= 11 is 5.89. The molecule has 0 atom stereocenters. The number of aryl methyl sites for hydroxylation is 1. The van der Waals surface area contributed by atoms with E-state index < -0.39 is 10.0 Å². The maximum atomic E-state index is 12.2. The highest BCUT2D eigenvalue weighted by Gasteiger charge is 2.23. The minimum atomic E-state index is -3.90. The first kappa shape index (κ1) is 14.6. The number of imidazole rings is 1. The van der Waals surface area contributed by atoms with Crippen molar-refractivity contribution >= 4 is 27.3 Å². The van der Waals surface area contributed by atoms with Crippen molar-refractivity contribution in [3.8, 4) is 5.88 Å². The number of nitrogens with one attached hydrogen (secondary N) is 1. The normalized spacial score (nSPS) is 11.3. The van der Waals surface area contributed by atoms with E-state index in [0.717, 1.165) is 0 Å². The Morgan fingerprint density at radius 3 is 2.80 bits per heavy atom. The van der Waals surface area contributed by atoms with Crippen LogP contribution >= 0.6 is 11.6 Å². The van der Waals surface area contributed by atoms with Gasteiger partial charge < -0.3 is 9.30 Å². The number of nitrogens with zero attached hydrogens (tertiary/aromatic N) is 3. The lowest BCUT2D eigenvalue weighted by Crippen LogP contribution is -2.15. The van der Waals surface area contributed by atoms with Crippen molar-refractivity contribution < 1.29 is 13.2 Å².